The van der Waals surface area contributed by atoms with Crippen molar-refractivity contribution in [3.63, 3.8) is 0 Å². The minimum absolute atomic E-state index is 0.103. The standard InChI is InChI=1S/C32H39FN4O4S/c1-20-26-18-23(33)10-12-24(26)30-29(21-7-5-4-6-8-21)25-11-9-22-17-28(25)37(30)19-27(20)32(39)35(2)13-15-41-16-14-36(3)42(40)34-31(22)38/h9-12,17-18,21,29-30H,4-8,13-16,19H2,1-3H3,(H,34,38). The average molecular weight is 595 g/mol. The lowest BCUT2D eigenvalue weighted by molar-refractivity contribution is -0.126. The number of halogens is 1. The highest BCUT2D eigenvalue weighted by Crippen LogP contribution is 2.57. The molecule has 0 saturated heterocycles. The van der Waals surface area contributed by atoms with Gasteiger partial charge in [0.05, 0.1) is 19.3 Å². The van der Waals surface area contributed by atoms with Crippen molar-refractivity contribution in [3.05, 3.63) is 70.0 Å². The zero-order chi connectivity index (χ0) is 29.5. The molecule has 0 aromatic heterocycles. The topological polar surface area (TPSA) is 82.2 Å². The largest absolute Gasteiger partial charge is 0.378 e. The van der Waals surface area contributed by atoms with E-state index in [-0.39, 0.29) is 23.7 Å². The zero-order valence-electron chi connectivity index (χ0n) is 24.5. The fraction of sp³-hybridized carbons (Fsp3) is 0.500. The van der Waals surface area contributed by atoms with Gasteiger partial charge in [0.2, 0.25) is 0 Å². The van der Waals surface area contributed by atoms with E-state index in [1.54, 1.807) is 25.1 Å². The summed E-state index contributed by atoms with van der Waals surface area (Å²) in [6, 6.07) is 10.6. The van der Waals surface area contributed by atoms with Gasteiger partial charge in [0, 0.05) is 56.5 Å². The number of nitrogens with one attached hydrogen (secondary N) is 1. The Morgan fingerprint density at radius 3 is 2.50 bits per heavy atom. The van der Waals surface area contributed by atoms with Crippen molar-refractivity contribution in [2.24, 2.45) is 5.92 Å². The SMILES string of the molecule is CC1=C2CN3c4cc(ccc4C(C4CCCCC4)C3c3ccc(F)cc31)C(=O)NS(=O)N(C)CCOCCN(C)C2=O. The zero-order valence-corrected chi connectivity index (χ0v) is 25.3. The average Bonchev–Trinajstić information content (AvgIpc) is 3.25. The van der Waals surface area contributed by atoms with Crippen molar-refractivity contribution >= 4 is 34.2 Å². The Balaban J connectivity index is 1.53. The van der Waals surface area contributed by atoms with Gasteiger partial charge in [-0.2, -0.15) is 0 Å². The van der Waals surface area contributed by atoms with Crippen molar-refractivity contribution < 1.29 is 22.9 Å². The first-order chi connectivity index (χ1) is 20.2. The number of ether oxygens (including phenoxy) is 1. The lowest BCUT2D eigenvalue weighted by Gasteiger charge is -2.36. The highest BCUT2D eigenvalue weighted by atomic mass is 32.2. The van der Waals surface area contributed by atoms with Gasteiger partial charge in [-0.05, 0) is 72.2 Å². The fourth-order valence-electron chi connectivity index (χ4n) is 7.20. The Hall–Kier alpha value is -3.08. The minimum atomic E-state index is -1.73. The Labute approximate surface area is 249 Å². The lowest BCUT2D eigenvalue weighted by atomic mass is 9.72. The maximum Gasteiger partial charge on any atom is 0.264 e. The maximum absolute atomic E-state index is 14.8. The summed E-state index contributed by atoms with van der Waals surface area (Å²) in [5.74, 6) is -0.300. The van der Waals surface area contributed by atoms with Crippen molar-refractivity contribution in [3.8, 4) is 0 Å². The third-order valence-corrected chi connectivity index (χ3v) is 10.6. The minimum Gasteiger partial charge on any atom is -0.378 e. The summed E-state index contributed by atoms with van der Waals surface area (Å²) in [6.45, 7) is 3.60. The summed E-state index contributed by atoms with van der Waals surface area (Å²) >= 11 is -1.73. The van der Waals surface area contributed by atoms with Crippen molar-refractivity contribution in [2.45, 2.75) is 51.0 Å². The molecular weight excluding hydrogens is 555 g/mol. The molecule has 8 nitrogen and oxygen atoms in total. The first-order valence-electron chi connectivity index (χ1n) is 14.9. The van der Waals surface area contributed by atoms with E-state index in [1.807, 2.05) is 31.2 Å². The summed E-state index contributed by atoms with van der Waals surface area (Å²) in [5, 5.41) is 0. The van der Waals surface area contributed by atoms with Crippen molar-refractivity contribution in [1.82, 2.24) is 13.9 Å². The van der Waals surface area contributed by atoms with Gasteiger partial charge >= 0.3 is 0 Å². The Morgan fingerprint density at radius 2 is 1.71 bits per heavy atom. The number of nitrogens with zero attached hydrogens (tertiary/aromatic N) is 3. The third kappa shape index (κ3) is 5.29. The number of likely N-dealkylation sites (N-methyl/N-ethyl adjacent to an activating group) is 2. The van der Waals surface area contributed by atoms with Gasteiger partial charge in [-0.15, -0.1) is 0 Å². The van der Waals surface area contributed by atoms with E-state index < -0.39 is 17.1 Å². The summed E-state index contributed by atoms with van der Waals surface area (Å²) in [5.41, 5.74) is 5.66. The van der Waals surface area contributed by atoms with Crippen molar-refractivity contribution in [2.75, 3.05) is 51.8 Å². The third-order valence-electron chi connectivity index (χ3n) is 9.50. The number of anilines is 1. The van der Waals surface area contributed by atoms with Crippen LogP contribution in [0.2, 0.25) is 0 Å². The Bertz CT molecular complexity index is 1460. The van der Waals surface area contributed by atoms with Crippen LogP contribution >= 0.6 is 0 Å². The van der Waals surface area contributed by atoms with Crippen LogP contribution in [0.1, 0.15) is 78.0 Å². The molecular formula is C32H39FN4O4S. The Kier molecular flexibility index (Phi) is 8.22. The highest BCUT2D eigenvalue weighted by molar-refractivity contribution is 7.81. The number of rotatable bonds is 1. The second kappa shape index (κ2) is 11.9. The van der Waals surface area contributed by atoms with E-state index >= 15 is 0 Å². The highest BCUT2D eigenvalue weighted by Gasteiger charge is 2.46. The molecule has 3 unspecified atom stereocenters. The molecule has 1 N–H and O–H groups in total. The molecule has 4 bridgehead atoms. The second-order valence-electron chi connectivity index (χ2n) is 12.0. The second-order valence-corrected chi connectivity index (χ2v) is 13.3. The molecule has 0 spiro atoms. The first-order valence-corrected chi connectivity index (χ1v) is 16.0. The van der Waals surface area contributed by atoms with Crippen LogP contribution < -0.4 is 9.62 Å². The van der Waals surface area contributed by atoms with Crippen LogP contribution in [0, 0.1) is 11.7 Å². The number of hydrogen-bond acceptors (Lipinski definition) is 5. The summed E-state index contributed by atoms with van der Waals surface area (Å²) in [4.78, 5) is 31.3. The summed E-state index contributed by atoms with van der Waals surface area (Å²) in [6.07, 6.45) is 5.80. The van der Waals surface area contributed by atoms with Crippen LogP contribution in [-0.2, 0) is 20.7 Å². The number of benzene rings is 2. The van der Waals surface area contributed by atoms with Crippen LogP contribution in [0.5, 0.6) is 0 Å². The van der Waals surface area contributed by atoms with E-state index in [0.717, 1.165) is 40.8 Å². The number of carbonyl (C=O) groups excluding carboxylic acids is 2. The number of fused-ring (bicyclic) bond motifs is 4. The first kappa shape index (κ1) is 29.0. The molecule has 4 aliphatic rings. The molecule has 3 heterocycles. The predicted octanol–water partition coefficient (Wildman–Crippen LogP) is 4.57. The van der Waals surface area contributed by atoms with Gasteiger partial charge < -0.3 is 14.5 Å². The molecule has 6 rings (SSSR count). The molecule has 42 heavy (non-hydrogen) atoms. The molecule has 2 aromatic rings. The van der Waals surface area contributed by atoms with Gasteiger partial charge in [0.15, 0.2) is 11.2 Å². The van der Waals surface area contributed by atoms with Gasteiger partial charge in [-0.3, -0.25) is 14.3 Å². The number of hydrogen-bond donors (Lipinski definition) is 1. The number of amides is 2. The van der Waals surface area contributed by atoms with Gasteiger partial charge in [-0.25, -0.2) is 12.9 Å². The van der Waals surface area contributed by atoms with Gasteiger partial charge in [0.25, 0.3) is 11.8 Å². The number of carbonyl (C=O) groups is 2. The van der Waals surface area contributed by atoms with Gasteiger partial charge in [0.1, 0.15) is 5.82 Å². The number of allylic oxidation sites excluding steroid dienone is 1. The van der Waals surface area contributed by atoms with Crippen LogP contribution in [0.4, 0.5) is 10.1 Å². The van der Waals surface area contributed by atoms with E-state index in [1.165, 1.54) is 29.6 Å². The molecule has 0 radical (unpaired) electrons. The molecule has 1 fully saturated rings. The smallest absolute Gasteiger partial charge is 0.264 e. The molecule has 224 valence electrons. The van der Waals surface area contributed by atoms with Gasteiger partial charge in [-0.1, -0.05) is 31.4 Å². The molecule has 2 aromatic carbocycles. The van der Waals surface area contributed by atoms with Crippen LogP contribution in [-0.4, -0.2) is 72.2 Å². The fourth-order valence-corrected chi connectivity index (χ4v) is 7.87. The maximum atomic E-state index is 14.8. The van der Waals surface area contributed by atoms with E-state index in [0.29, 0.717) is 49.9 Å². The Morgan fingerprint density at radius 1 is 0.976 bits per heavy atom. The van der Waals surface area contributed by atoms with Crippen LogP contribution in [0.3, 0.4) is 0 Å². The summed E-state index contributed by atoms with van der Waals surface area (Å²) in [7, 11) is 3.43. The lowest BCUT2D eigenvalue weighted by Crippen LogP contribution is -2.38. The van der Waals surface area contributed by atoms with Crippen molar-refractivity contribution in [1.29, 1.82) is 0 Å². The molecule has 1 aliphatic carbocycles. The molecule has 3 atom stereocenters. The van der Waals surface area contributed by atoms with E-state index in [9.17, 15) is 18.2 Å². The van der Waals surface area contributed by atoms with E-state index in [2.05, 4.69) is 9.62 Å². The predicted molar refractivity (Wildman–Crippen MR) is 162 cm³/mol. The van der Waals surface area contributed by atoms with E-state index in [4.69, 9.17) is 4.74 Å². The monoisotopic (exact) mass is 594 g/mol. The van der Waals surface area contributed by atoms with Crippen LogP contribution in [0.15, 0.2) is 42.0 Å². The van der Waals surface area contributed by atoms with Crippen LogP contribution in [0.25, 0.3) is 5.57 Å². The quantitative estimate of drug-likeness (QED) is 0.524. The molecule has 1 saturated carbocycles. The summed E-state index contributed by atoms with van der Waals surface area (Å²) < 4.78 is 37.6. The normalized spacial score (nSPS) is 26.2. The molecule has 2 amide bonds. The molecule has 10 heteroatoms. The molecule has 3 aliphatic heterocycles.